The lowest BCUT2D eigenvalue weighted by Gasteiger charge is -2.27. The number of hydrogen-bond donors (Lipinski definition) is 1. The summed E-state index contributed by atoms with van der Waals surface area (Å²) in [5.74, 6) is -1.23. The number of Topliss-reactive ketones (excluding diaryl/α,β-unsaturated/α-hetero) is 1. The van der Waals surface area contributed by atoms with Crippen molar-refractivity contribution >= 4 is 29.1 Å². The Hall–Kier alpha value is -4.59. The zero-order chi connectivity index (χ0) is 27.4. The highest BCUT2D eigenvalue weighted by atomic mass is 16.5. The molecule has 1 atom stereocenters. The number of rotatable bonds is 8. The third-order valence-electron chi connectivity index (χ3n) is 6.13. The van der Waals surface area contributed by atoms with E-state index in [9.17, 15) is 19.5 Å². The smallest absolute Gasteiger partial charge is 0.337 e. The summed E-state index contributed by atoms with van der Waals surface area (Å²) >= 11 is 0. The summed E-state index contributed by atoms with van der Waals surface area (Å²) in [7, 11) is 2.74. The standard InChI is InChI=1S/C30H29NO7/c1-18(2)17-38-22-14-12-19(13-15-22)27(32)25-26(23-10-5-6-11-24(23)36-3)31(29(34)28(25)33)21-9-7-8-20(16-21)30(35)37-4/h5-16,18,26,32H,17H2,1-4H3/b27-25+. The maximum atomic E-state index is 13.4. The fourth-order valence-electron chi connectivity index (χ4n) is 4.31. The van der Waals surface area contributed by atoms with Crippen LogP contribution in [-0.4, -0.2) is 43.6 Å². The van der Waals surface area contributed by atoms with Crippen molar-refractivity contribution in [2.45, 2.75) is 19.9 Å². The highest BCUT2D eigenvalue weighted by molar-refractivity contribution is 6.51. The van der Waals surface area contributed by atoms with Crippen LogP contribution >= 0.6 is 0 Å². The van der Waals surface area contributed by atoms with E-state index >= 15 is 0 Å². The van der Waals surface area contributed by atoms with Crippen LogP contribution in [0.2, 0.25) is 0 Å². The number of benzene rings is 3. The molecular weight excluding hydrogens is 486 g/mol. The number of amides is 1. The molecule has 1 N–H and O–H groups in total. The summed E-state index contributed by atoms with van der Waals surface area (Å²) in [5, 5.41) is 11.4. The number of para-hydroxylation sites is 1. The Morgan fingerprint density at radius 1 is 0.947 bits per heavy atom. The van der Waals surface area contributed by atoms with Crippen LogP contribution in [0.1, 0.15) is 41.4 Å². The summed E-state index contributed by atoms with van der Waals surface area (Å²) in [4.78, 5) is 40.3. The van der Waals surface area contributed by atoms with Crippen LogP contribution in [0.3, 0.4) is 0 Å². The zero-order valence-corrected chi connectivity index (χ0v) is 21.6. The summed E-state index contributed by atoms with van der Waals surface area (Å²) < 4.78 is 16.1. The van der Waals surface area contributed by atoms with Crippen molar-refractivity contribution in [1.82, 2.24) is 0 Å². The van der Waals surface area contributed by atoms with Crippen LogP contribution in [0.25, 0.3) is 5.76 Å². The van der Waals surface area contributed by atoms with Gasteiger partial charge in [-0.25, -0.2) is 4.79 Å². The van der Waals surface area contributed by atoms with Crippen molar-refractivity contribution in [2.24, 2.45) is 5.92 Å². The third kappa shape index (κ3) is 5.11. The molecule has 0 saturated carbocycles. The summed E-state index contributed by atoms with van der Waals surface area (Å²) in [5.41, 5.74) is 1.25. The van der Waals surface area contributed by atoms with Crippen molar-refractivity contribution in [3.05, 3.63) is 95.1 Å². The van der Waals surface area contributed by atoms with E-state index in [0.29, 0.717) is 40.8 Å². The van der Waals surface area contributed by atoms with Gasteiger partial charge in [0, 0.05) is 16.8 Å². The first-order valence-electron chi connectivity index (χ1n) is 12.1. The predicted octanol–water partition coefficient (Wildman–Crippen LogP) is 5.14. The second kappa shape index (κ2) is 11.2. The van der Waals surface area contributed by atoms with Crippen LogP contribution in [-0.2, 0) is 14.3 Å². The van der Waals surface area contributed by atoms with Gasteiger partial charge in [0.1, 0.15) is 17.3 Å². The van der Waals surface area contributed by atoms with Crippen molar-refractivity contribution in [2.75, 3.05) is 25.7 Å². The Morgan fingerprint density at radius 2 is 1.66 bits per heavy atom. The van der Waals surface area contributed by atoms with Crippen molar-refractivity contribution < 1.29 is 33.7 Å². The van der Waals surface area contributed by atoms with Gasteiger partial charge in [-0.05, 0) is 54.4 Å². The van der Waals surface area contributed by atoms with Crippen LogP contribution in [0.4, 0.5) is 5.69 Å². The number of ketones is 1. The molecule has 0 bridgehead atoms. The van der Waals surface area contributed by atoms with Crippen LogP contribution < -0.4 is 14.4 Å². The molecule has 1 heterocycles. The Morgan fingerprint density at radius 3 is 2.32 bits per heavy atom. The molecule has 4 rings (SSSR count). The van der Waals surface area contributed by atoms with E-state index in [4.69, 9.17) is 14.2 Å². The highest BCUT2D eigenvalue weighted by Gasteiger charge is 2.48. The fourth-order valence-corrected chi connectivity index (χ4v) is 4.31. The number of nitrogens with zero attached hydrogens (tertiary/aromatic N) is 1. The number of carbonyl (C=O) groups excluding carboxylic acids is 3. The molecule has 8 nitrogen and oxygen atoms in total. The van der Waals surface area contributed by atoms with E-state index in [0.717, 1.165) is 0 Å². The van der Waals surface area contributed by atoms with E-state index in [1.54, 1.807) is 66.7 Å². The van der Waals surface area contributed by atoms with E-state index < -0.39 is 23.7 Å². The Labute approximate surface area is 221 Å². The van der Waals surface area contributed by atoms with Gasteiger partial charge in [-0.1, -0.05) is 38.1 Å². The molecular formula is C30H29NO7. The lowest BCUT2D eigenvalue weighted by atomic mass is 9.94. The second-order valence-electron chi connectivity index (χ2n) is 9.18. The predicted molar refractivity (Wildman–Crippen MR) is 142 cm³/mol. The molecule has 3 aromatic rings. The molecule has 3 aromatic carbocycles. The van der Waals surface area contributed by atoms with Gasteiger partial charge >= 0.3 is 5.97 Å². The summed E-state index contributed by atoms with van der Waals surface area (Å²) in [6.07, 6.45) is 0. The average Bonchev–Trinajstić information content (AvgIpc) is 3.21. The van der Waals surface area contributed by atoms with Gasteiger partial charge in [-0.3, -0.25) is 14.5 Å². The average molecular weight is 516 g/mol. The maximum Gasteiger partial charge on any atom is 0.337 e. The normalized spacial score (nSPS) is 16.6. The molecule has 0 aliphatic carbocycles. The van der Waals surface area contributed by atoms with Gasteiger partial charge in [0.2, 0.25) is 0 Å². The van der Waals surface area contributed by atoms with Crippen molar-refractivity contribution in [3.63, 3.8) is 0 Å². The van der Waals surface area contributed by atoms with Gasteiger partial charge in [0.25, 0.3) is 11.7 Å². The number of aliphatic hydroxyl groups excluding tert-OH is 1. The topological polar surface area (TPSA) is 102 Å². The summed E-state index contributed by atoms with van der Waals surface area (Å²) in [6, 6.07) is 18.8. The van der Waals surface area contributed by atoms with Gasteiger partial charge in [0.05, 0.1) is 38.0 Å². The molecule has 1 aliphatic rings. The SMILES string of the molecule is COC(=O)c1cccc(N2C(=O)C(=O)/C(=C(/O)c3ccc(OCC(C)C)cc3)C2c2ccccc2OC)c1. The van der Waals surface area contributed by atoms with Crippen LogP contribution in [0.15, 0.2) is 78.4 Å². The third-order valence-corrected chi connectivity index (χ3v) is 6.13. The molecule has 0 aromatic heterocycles. The van der Waals surface area contributed by atoms with Gasteiger partial charge in [-0.2, -0.15) is 0 Å². The first-order chi connectivity index (χ1) is 18.3. The number of hydrogen-bond acceptors (Lipinski definition) is 7. The molecule has 196 valence electrons. The number of esters is 1. The number of methoxy groups -OCH3 is 2. The Bertz CT molecular complexity index is 1390. The lowest BCUT2D eigenvalue weighted by molar-refractivity contribution is -0.132. The molecule has 0 spiro atoms. The molecule has 0 radical (unpaired) electrons. The zero-order valence-electron chi connectivity index (χ0n) is 21.6. The Balaban J connectivity index is 1.87. The molecule has 8 heteroatoms. The molecule has 1 aliphatic heterocycles. The first kappa shape index (κ1) is 26.5. The van der Waals surface area contributed by atoms with Crippen molar-refractivity contribution in [3.8, 4) is 11.5 Å². The van der Waals surface area contributed by atoms with Crippen LogP contribution in [0, 0.1) is 5.92 Å². The number of ether oxygens (including phenoxy) is 3. The number of carbonyl (C=O) groups is 3. The largest absolute Gasteiger partial charge is 0.507 e. The maximum absolute atomic E-state index is 13.4. The minimum atomic E-state index is -1.02. The molecule has 1 saturated heterocycles. The number of aliphatic hydroxyl groups is 1. The van der Waals surface area contributed by atoms with E-state index in [1.165, 1.54) is 25.2 Å². The molecule has 1 amide bonds. The van der Waals surface area contributed by atoms with E-state index in [-0.39, 0.29) is 16.9 Å². The highest BCUT2D eigenvalue weighted by Crippen LogP contribution is 2.45. The lowest BCUT2D eigenvalue weighted by Crippen LogP contribution is -2.29. The minimum absolute atomic E-state index is 0.0983. The number of anilines is 1. The van der Waals surface area contributed by atoms with Crippen molar-refractivity contribution in [1.29, 1.82) is 0 Å². The first-order valence-corrected chi connectivity index (χ1v) is 12.1. The van der Waals surface area contributed by atoms with Crippen LogP contribution in [0.5, 0.6) is 11.5 Å². The minimum Gasteiger partial charge on any atom is -0.507 e. The summed E-state index contributed by atoms with van der Waals surface area (Å²) in [6.45, 7) is 4.62. The molecule has 1 unspecified atom stereocenters. The Kier molecular flexibility index (Phi) is 7.81. The van der Waals surface area contributed by atoms with Gasteiger partial charge in [0.15, 0.2) is 0 Å². The van der Waals surface area contributed by atoms with E-state index in [2.05, 4.69) is 0 Å². The molecule has 38 heavy (non-hydrogen) atoms. The fraction of sp³-hybridized carbons (Fsp3) is 0.233. The second-order valence-corrected chi connectivity index (χ2v) is 9.18. The quantitative estimate of drug-likeness (QED) is 0.192. The van der Waals surface area contributed by atoms with Gasteiger partial charge < -0.3 is 19.3 Å². The molecule has 1 fully saturated rings. The monoisotopic (exact) mass is 515 g/mol. The van der Waals surface area contributed by atoms with Gasteiger partial charge in [-0.15, -0.1) is 0 Å². The van der Waals surface area contributed by atoms with E-state index in [1.807, 2.05) is 13.8 Å².